The summed E-state index contributed by atoms with van der Waals surface area (Å²) in [6, 6.07) is 4.68. The molecule has 2 heterocycles. The maximum Gasteiger partial charge on any atom is 0.143 e. The number of aromatic nitrogens is 3. The fraction of sp³-hybridized carbons (Fsp3) is 0.250. The molecule has 3 rings (SSSR count). The molecular formula is C16H17FN4O. The van der Waals surface area contributed by atoms with Crippen molar-refractivity contribution in [3.63, 3.8) is 0 Å². The van der Waals surface area contributed by atoms with Crippen molar-refractivity contribution in [3.05, 3.63) is 47.7 Å². The van der Waals surface area contributed by atoms with Gasteiger partial charge in [0.2, 0.25) is 0 Å². The molecule has 0 atom stereocenters. The number of fused-ring (bicyclic) bond motifs is 1. The van der Waals surface area contributed by atoms with E-state index in [1.807, 2.05) is 6.20 Å². The van der Waals surface area contributed by atoms with Gasteiger partial charge >= 0.3 is 0 Å². The van der Waals surface area contributed by atoms with Crippen LogP contribution in [0.25, 0.3) is 11.0 Å². The molecule has 0 amide bonds. The maximum absolute atomic E-state index is 13.9. The van der Waals surface area contributed by atoms with Crippen LogP contribution >= 0.6 is 0 Å². The van der Waals surface area contributed by atoms with E-state index in [1.165, 1.54) is 12.4 Å². The molecule has 5 nitrogen and oxygen atoms in total. The first-order chi connectivity index (χ1) is 10.7. The number of hydrogen-bond donors (Lipinski definition) is 2. The van der Waals surface area contributed by atoms with Crippen LogP contribution in [0.5, 0.6) is 5.75 Å². The van der Waals surface area contributed by atoms with Crippen molar-refractivity contribution in [1.29, 1.82) is 0 Å². The Hall–Kier alpha value is -2.63. The number of halogens is 1. The quantitative estimate of drug-likeness (QED) is 0.759. The lowest BCUT2D eigenvalue weighted by Crippen LogP contribution is -2.05. The Morgan fingerprint density at radius 2 is 2.14 bits per heavy atom. The van der Waals surface area contributed by atoms with Crippen molar-refractivity contribution >= 4 is 16.9 Å². The summed E-state index contributed by atoms with van der Waals surface area (Å²) in [5.41, 5.74) is 2.43. The zero-order chi connectivity index (χ0) is 15.5. The minimum absolute atomic E-state index is 0.275. The van der Waals surface area contributed by atoms with Crippen LogP contribution in [0.1, 0.15) is 18.1 Å². The number of nitrogens with one attached hydrogen (secondary N) is 2. The summed E-state index contributed by atoms with van der Waals surface area (Å²) in [6.45, 7) is 2.39. The first-order valence-corrected chi connectivity index (χ1v) is 7.10. The predicted molar refractivity (Wildman–Crippen MR) is 83.5 cm³/mol. The summed E-state index contributed by atoms with van der Waals surface area (Å²) in [5.74, 6) is 1.05. The molecule has 22 heavy (non-hydrogen) atoms. The van der Waals surface area contributed by atoms with Crippen LogP contribution in [-0.2, 0) is 13.0 Å². The van der Waals surface area contributed by atoms with E-state index >= 15 is 0 Å². The normalized spacial score (nSPS) is 10.9. The number of hydrogen-bond acceptors (Lipinski definition) is 4. The van der Waals surface area contributed by atoms with E-state index < -0.39 is 0 Å². The molecule has 3 aromatic rings. The summed E-state index contributed by atoms with van der Waals surface area (Å²) in [7, 11) is 1.56. The number of rotatable bonds is 5. The van der Waals surface area contributed by atoms with E-state index in [0.29, 0.717) is 23.7 Å². The van der Waals surface area contributed by atoms with Crippen molar-refractivity contribution in [2.45, 2.75) is 19.9 Å². The van der Waals surface area contributed by atoms with Crippen LogP contribution in [0.2, 0.25) is 0 Å². The third-order valence-corrected chi connectivity index (χ3v) is 3.63. The summed E-state index contributed by atoms with van der Waals surface area (Å²) in [4.78, 5) is 11.6. The van der Waals surface area contributed by atoms with Gasteiger partial charge in [-0.25, -0.2) is 14.4 Å². The van der Waals surface area contributed by atoms with Crippen molar-refractivity contribution < 1.29 is 9.13 Å². The van der Waals surface area contributed by atoms with Crippen molar-refractivity contribution in [1.82, 2.24) is 15.0 Å². The largest absolute Gasteiger partial charge is 0.497 e. The number of aromatic amines is 1. The molecule has 0 bridgehead atoms. The first kappa shape index (κ1) is 14.3. The average molecular weight is 300 g/mol. The van der Waals surface area contributed by atoms with Crippen LogP contribution < -0.4 is 10.1 Å². The number of methoxy groups -OCH3 is 1. The molecule has 0 unspecified atom stereocenters. The molecule has 1 aromatic carbocycles. The molecule has 0 aliphatic carbocycles. The van der Waals surface area contributed by atoms with Gasteiger partial charge in [-0.15, -0.1) is 0 Å². The van der Waals surface area contributed by atoms with Crippen LogP contribution in [0.3, 0.4) is 0 Å². The number of nitrogens with zero attached hydrogens (tertiary/aromatic N) is 2. The van der Waals surface area contributed by atoms with Gasteiger partial charge in [0.15, 0.2) is 0 Å². The van der Waals surface area contributed by atoms with E-state index in [4.69, 9.17) is 4.74 Å². The molecule has 2 N–H and O–H groups in total. The van der Waals surface area contributed by atoms with Gasteiger partial charge in [-0.05, 0) is 30.2 Å². The first-order valence-electron chi connectivity index (χ1n) is 7.10. The second-order valence-electron chi connectivity index (χ2n) is 4.92. The van der Waals surface area contributed by atoms with Gasteiger partial charge in [0.1, 0.15) is 29.4 Å². The standard InChI is InChI=1S/C16H17FN4O/c1-3-10-7-18-15-14(10)16(21-9-20-15)19-8-11-6-12(22-2)4-5-13(11)17/h4-7,9H,3,8H2,1-2H3,(H2,18,19,20,21). The molecule has 6 heteroatoms. The van der Waals surface area contributed by atoms with Crippen LogP contribution in [0, 0.1) is 5.82 Å². The van der Waals surface area contributed by atoms with E-state index in [0.717, 1.165) is 23.0 Å². The van der Waals surface area contributed by atoms with Gasteiger partial charge in [0.05, 0.1) is 12.5 Å². The van der Waals surface area contributed by atoms with Gasteiger partial charge in [0.25, 0.3) is 0 Å². The van der Waals surface area contributed by atoms with Crippen molar-refractivity contribution in [3.8, 4) is 5.75 Å². The highest BCUT2D eigenvalue weighted by molar-refractivity contribution is 5.90. The summed E-state index contributed by atoms with van der Waals surface area (Å²) in [6.07, 6.45) is 4.29. The van der Waals surface area contributed by atoms with E-state index in [9.17, 15) is 4.39 Å². The van der Waals surface area contributed by atoms with E-state index in [2.05, 4.69) is 27.2 Å². The van der Waals surface area contributed by atoms with Crippen molar-refractivity contribution in [2.24, 2.45) is 0 Å². The molecule has 0 aliphatic rings. The zero-order valence-electron chi connectivity index (χ0n) is 12.5. The fourth-order valence-corrected chi connectivity index (χ4v) is 2.43. The fourth-order valence-electron chi connectivity index (χ4n) is 2.43. The number of ether oxygens (including phenoxy) is 1. The van der Waals surface area contributed by atoms with E-state index in [-0.39, 0.29) is 5.82 Å². The average Bonchev–Trinajstić information content (AvgIpc) is 2.98. The summed E-state index contributed by atoms with van der Waals surface area (Å²) in [5, 5.41) is 4.14. The van der Waals surface area contributed by atoms with Crippen LogP contribution in [0.15, 0.2) is 30.7 Å². The Balaban J connectivity index is 1.89. The van der Waals surface area contributed by atoms with Gasteiger partial charge in [-0.2, -0.15) is 0 Å². The third-order valence-electron chi connectivity index (χ3n) is 3.63. The van der Waals surface area contributed by atoms with Gasteiger partial charge < -0.3 is 15.0 Å². The van der Waals surface area contributed by atoms with Crippen LogP contribution in [0.4, 0.5) is 10.2 Å². The van der Waals surface area contributed by atoms with Crippen LogP contribution in [-0.4, -0.2) is 22.1 Å². The third kappa shape index (κ3) is 2.59. The number of H-pyrrole nitrogens is 1. The minimum Gasteiger partial charge on any atom is -0.497 e. The minimum atomic E-state index is -0.275. The van der Waals surface area contributed by atoms with Gasteiger partial charge in [-0.1, -0.05) is 6.92 Å². The SMILES string of the molecule is CCc1c[nH]c2ncnc(NCc3cc(OC)ccc3F)c12. The molecule has 0 saturated carbocycles. The molecule has 114 valence electrons. The lowest BCUT2D eigenvalue weighted by molar-refractivity contribution is 0.413. The predicted octanol–water partition coefficient (Wildman–Crippen LogP) is 3.28. The molecule has 0 saturated heterocycles. The lowest BCUT2D eigenvalue weighted by Gasteiger charge is -2.10. The second kappa shape index (κ2) is 6.01. The number of anilines is 1. The monoisotopic (exact) mass is 300 g/mol. The maximum atomic E-state index is 13.9. The molecule has 0 aliphatic heterocycles. The summed E-state index contributed by atoms with van der Waals surface area (Å²) < 4.78 is 19.0. The van der Waals surface area contributed by atoms with Gasteiger partial charge in [-0.3, -0.25) is 0 Å². The van der Waals surface area contributed by atoms with E-state index in [1.54, 1.807) is 19.2 Å². The molecule has 0 spiro atoms. The molecule has 0 radical (unpaired) electrons. The Morgan fingerprint density at radius 1 is 1.27 bits per heavy atom. The Kier molecular flexibility index (Phi) is 3.91. The summed E-state index contributed by atoms with van der Waals surface area (Å²) >= 11 is 0. The Morgan fingerprint density at radius 3 is 2.91 bits per heavy atom. The molecule has 0 fully saturated rings. The van der Waals surface area contributed by atoms with Crippen molar-refractivity contribution in [2.75, 3.05) is 12.4 Å². The molecular weight excluding hydrogens is 283 g/mol. The highest BCUT2D eigenvalue weighted by Gasteiger charge is 2.11. The number of aryl methyl sites for hydroxylation is 1. The highest BCUT2D eigenvalue weighted by atomic mass is 19.1. The smallest absolute Gasteiger partial charge is 0.143 e. The lowest BCUT2D eigenvalue weighted by atomic mass is 10.1. The number of benzene rings is 1. The zero-order valence-corrected chi connectivity index (χ0v) is 12.5. The van der Waals surface area contributed by atoms with Gasteiger partial charge in [0, 0.05) is 18.3 Å². The topological polar surface area (TPSA) is 62.8 Å². The Bertz CT molecular complexity index is 800. The highest BCUT2D eigenvalue weighted by Crippen LogP contribution is 2.25. The molecule has 2 aromatic heterocycles. The second-order valence-corrected chi connectivity index (χ2v) is 4.92. The Labute approximate surface area is 127 Å².